The lowest BCUT2D eigenvalue weighted by molar-refractivity contribution is 0.632. The molecule has 0 spiro atoms. The van der Waals surface area contributed by atoms with E-state index in [2.05, 4.69) is 41.4 Å². The van der Waals surface area contributed by atoms with E-state index in [1.165, 1.54) is 43.7 Å². The molecule has 20 heavy (non-hydrogen) atoms. The number of benzene rings is 1. The van der Waals surface area contributed by atoms with Gasteiger partial charge in [-0.1, -0.05) is 56.9 Å². The van der Waals surface area contributed by atoms with Crippen molar-refractivity contribution in [3.63, 3.8) is 0 Å². The summed E-state index contributed by atoms with van der Waals surface area (Å²) < 4.78 is 0. The van der Waals surface area contributed by atoms with E-state index in [0.29, 0.717) is 0 Å². The number of unbranched alkanes of at least 4 members (excludes halogenated alkanes) is 4. The zero-order valence-corrected chi connectivity index (χ0v) is 12.1. The Bertz CT molecular complexity index is 552. The van der Waals surface area contributed by atoms with Gasteiger partial charge in [-0.05, 0) is 24.5 Å². The molecule has 0 unspecified atom stereocenters. The third-order valence-electron chi connectivity index (χ3n) is 3.50. The van der Waals surface area contributed by atoms with Gasteiger partial charge < -0.3 is 0 Å². The molecule has 1 aromatic carbocycles. The van der Waals surface area contributed by atoms with Crippen LogP contribution in [0, 0.1) is 0 Å². The van der Waals surface area contributed by atoms with Crippen LogP contribution in [0.4, 0.5) is 0 Å². The third kappa shape index (κ3) is 4.34. The molecule has 0 radical (unpaired) electrons. The van der Waals surface area contributed by atoms with E-state index in [0.717, 1.165) is 17.7 Å². The van der Waals surface area contributed by atoms with Crippen molar-refractivity contribution in [1.29, 1.82) is 0 Å². The van der Waals surface area contributed by atoms with Gasteiger partial charge in [0.25, 0.3) is 5.56 Å². The predicted molar refractivity (Wildman–Crippen MR) is 82.8 cm³/mol. The lowest BCUT2D eigenvalue weighted by Crippen LogP contribution is -2.05. The van der Waals surface area contributed by atoms with Crippen LogP contribution in [0.25, 0.3) is 11.3 Å². The zero-order chi connectivity index (χ0) is 14.2. The minimum Gasteiger partial charge on any atom is -0.268 e. The topological polar surface area (TPSA) is 45.8 Å². The quantitative estimate of drug-likeness (QED) is 0.774. The van der Waals surface area contributed by atoms with Crippen LogP contribution in [-0.2, 0) is 6.42 Å². The Kier molecular flexibility index (Phi) is 5.54. The summed E-state index contributed by atoms with van der Waals surface area (Å²) in [4.78, 5) is 11.0. The van der Waals surface area contributed by atoms with Gasteiger partial charge in [0.1, 0.15) is 0 Å². The van der Waals surface area contributed by atoms with Crippen molar-refractivity contribution in [2.24, 2.45) is 0 Å². The third-order valence-corrected chi connectivity index (χ3v) is 3.50. The van der Waals surface area contributed by atoms with Gasteiger partial charge in [0, 0.05) is 11.6 Å². The van der Waals surface area contributed by atoms with Crippen molar-refractivity contribution in [3.8, 4) is 11.3 Å². The van der Waals surface area contributed by atoms with Gasteiger partial charge in [-0.3, -0.25) is 4.79 Å². The Morgan fingerprint density at radius 3 is 2.35 bits per heavy atom. The number of aromatic amines is 1. The highest BCUT2D eigenvalue weighted by Crippen LogP contribution is 2.17. The van der Waals surface area contributed by atoms with Gasteiger partial charge in [0.15, 0.2) is 0 Å². The number of nitrogens with one attached hydrogen (secondary N) is 1. The van der Waals surface area contributed by atoms with E-state index >= 15 is 0 Å². The van der Waals surface area contributed by atoms with Crippen LogP contribution in [-0.4, -0.2) is 10.2 Å². The highest BCUT2D eigenvalue weighted by molar-refractivity contribution is 5.58. The molecule has 2 aromatic rings. The Hall–Kier alpha value is -1.90. The normalized spacial score (nSPS) is 10.7. The van der Waals surface area contributed by atoms with E-state index < -0.39 is 0 Å². The van der Waals surface area contributed by atoms with E-state index in [4.69, 9.17) is 0 Å². The fraction of sp³-hybridized carbons (Fsp3) is 0.412. The van der Waals surface area contributed by atoms with Crippen LogP contribution in [0.15, 0.2) is 41.2 Å². The fourth-order valence-electron chi connectivity index (χ4n) is 2.28. The molecule has 3 nitrogen and oxygen atoms in total. The Morgan fingerprint density at radius 2 is 1.70 bits per heavy atom. The second kappa shape index (κ2) is 7.63. The molecule has 2 rings (SSSR count). The van der Waals surface area contributed by atoms with Crippen LogP contribution >= 0.6 is 0 Å². The minimum absolute atomic E-state index is 0.169. The summed E-state index contributed by atoms with van der Waals surface area (Å²) in [6.45, 7) is 2.24. The maximum atomic E-state index is 11.0. The van der Waals surface area contributed by atoms with Crippen molar-refractivity contribution in [2.75, 3.05) is 0 Å². The molecule has 0 saturated carbocycles. The summed E-state index contributed by atoms with van der Waals surface area (Å²) in [5.41, 5.74) is 3.04. The van der Waals surface area contributed by atoms with Gasteiger partial charge in [-0.15, -0.1) is 0 Å². The summed E-state index contributed by atoms with van der Waals surface area (Å²) in [7, 11) is 0. The lowest BCUT2D eigenvalue weighted by Gasteiger charge is -2.04. The predicted octanol–water partition coefficient (Wildman–Crippen LogP) is 3.95. The van der Waals surface area contributed by atoms with Crippen LogP contribution in [0.2, 0.25) is 0 Å². The molecular weight excluding hydrogens is 248 g/mol. The van der Waals surface area contributed by atoms with Crippen molar-refractivity contribution >= 4 is 0 Å². The molecule has 0 saturated heterocycles. The maximum absolute atomic E-state index is 11.0. The van der Waals surface area contributed by atoms with Crippen LogP contribution in [0.5, 0.6) is 0 Å². The SMILES string of the molecule is CCCCCCCc1ccc(-c2ccc(=O)[nH]n2)cc1. The first-order valence-electron chi connectivity index (χ1n) is 7.44. The second-order valence-electron chi connectivity index (χ2n) is 5.17. The average Bonchev–Trinajstić information content (AvgIpc) is 2.49. The largest absolute Gasteiger partial charge is 0.268 e. The van der Waals surface area contributed by atoms with E-state index in [-0.39, 0.29) is 5.56 Å². The Labute approximate surface area is 120 Å². The van der Waals surface area contributed by atoms with E-state index in [1.54, 1.807) is 6.07 Å². The standard InChI is InChI=1S/C17H22N2O/c1-2-3-4-5-6-7-14-8-10-15(11-9-14)16-12-13-17(20)19-18-16/h8-13H,2-7H2,1H3,(H,19,20). The number of aromatic nitrogens is 2. The van der Waals surface area contributed by atoms with Crippen molar-refractivity contribution in [2.45, 2.75) is 45.4 Å². The Balaban J connectivity index is 1.89. The summed E-state index contributed by atoms with van der Waals surface area (Å²) >= 11 is 0. The fourth-order valence-corrected chi connectivity index (χ4v) is 2.28. The number of rotatable bonds is 7. The van der Waals surface area contributed by atoms with Gasteiger partial charge in [0.2, 0.25) is 0 Å². The van der Waals surface area contributed by atoms with Gasteiger partial charge >= 0.3 is 0 Å². The van der Waals surface area contributed by atoms with Gasteiger partial charge in [-0.2, -0.15) is 5.10 Å². The molecule has 1 N–H and O–H groups in total. The first-order valence-corrected chi connectivity index (χ1v) is 7.44. The van der Waals surface area contributed by atoms with Crippen molar-refractivity contribution < 1.29 is 0 Å². The highest BCUT2D eigenvalue weighted by Gasteiger charge is 2.00. The first-order chi connectivity index (χ1) is 9.79. The molecule has 0 aliphatic carbocycles. The molecule has 1 aromatic heterocycles. The smallest absolute Gasteiger partial charge is 0.264 e. The van der Waals surface area contributed by atoms with Crippen LogP contribution in [0.1, 0.15) is 44.6 Å². The van der Waals surface area contributed by atoms with Crippen molar-refractivity contribution in [1.82, 2.24) is 10.2 Å². The minimum atomic E-state index is -0.169. The summed E-state index contributed by atoms with van der Waals surface area (Å²) in [5, 5.41) is 6.50. The molecule has 0 atom stereocenters. The number of hydrogen-bond donors (Lipinski definition) is 1. The molecular formula is C17H22N2O. The van der Waals surface area contributed by atoms with Gasteiger partial charge in [0.05, 0.1) is 5.69 Å². The number of hydrogen-bond acceptors (Lipinski definition) is 2. The highest BCUT2D eigenvalue weighted by atomic mass is 16.1. The first kappa shape index (κ1) is 14.5. The maximum Gasteiger partial charge on any atom is 0.264 e. The number of nitrogens with zero attached hydrogens (tertiary/aromatic N) is 1. The zero-order valence-electron chi connectivity index (χ0n) is 12.1. The molecule has 1 heterocycles. The van der Waals surface area contributed by atoms with E-state index in [1.807, 2.05) is 0 Å². The van der Waals surface area contributed by atoms with E-state index in [9.17, 15) is 4.79 Å². The van der Waals surface area contributed by atoms with Crippen molar-refractivity contribution in [3.05, 3.63) is 52.3 Å². The summed E-state index contributed by atoms with van der Waals surface area (Å²) in [5.74, 6) is 0. The average molecular weight is 270 g/mol. The molecule has 106 valence electrons. The lowest BCUT2D eigenvalue weighted by atomic mass is 10.0. The van der Waals surface area contributed by atoms with Crippen LogP contribution < -0.4 is 5.56 Å². The molecule has 0 amide bonds. The second-order valence-corrected chi connectivity index (χ2v) is 5.17. The molecule has 3 heteroatoms. The monoisotopic (exact) mass is 270 g/mol. The molecule has 0 fully saturated rings. The molecule has 0 aliphatic heterocycles. The number of H-pyrrole nitrogens is 1. The summed E-state index contributed by atoms with van der Waals surface area (Å²) in [6, 6.07) is 11.7. The molecule has 0 bridgehead atoms. The summed E-state index contributed by atoms with van der Waals surface area (Å²) in [6.07, 6.45) is 7.70. The number of aryl methyl sites for hydroxylation is 1. The van der Waals surface area contributed by atoms with Gasteiger partial charge in [-0.25, -0.2) is 5.10 Å². The van der Waals surface area contributed by atoms with Crippen LogP contribution in [0.3, 0.4) is 0 Å². The Morgan fingerprint density at radius 1 is 0.950 bits per heavy atom. The molecule has 0 aliphatic rings.